The van der Waals surface area contributed by atoms with Crippen LogP contribution in [0, 0.1) is 0 Å². The van der Waals surface area contributed by atoms with Crippen LogP contribution in [0.5, 0.6) is 17.4 Å². The number of halogens is 3. The van der Waals surface area contributed by atoms with Crippen LogP contribution < -0.4 is 19.7 Å². The molecule has 6 rings (SSSR count). The van der Waals surface area contributed by atoms with Crippen molar-refractivity contribution in [1.82, 2.24) is 14.5 Å². The van der Waals surface area contributed by atoms with Crippen molar-refractivity contribution in [2.75, 3.05) is 37.5 Å². The zero-order chi connectivity index (χ0) is 34.0. The molecule has 48 heavy (non-hydrogen) atoms. The highest BCUT2D eigenvalue weighted by molar-refractivity contribution is 6.04. The zero-order valence-corrected chi connectivity index (χ0v) is 26.6. The average Bonchev–Trinajstić information content (AvgIpc) is 3.43. The highest BCUT2D eigenvalue weighted by Crippen LogP contribution is 2.31. The number of hydrogen-bond acceptors (Lipinski definition) is 6. The zero-order valence-electron chi connectivity index (χ0n) is 26.6. The molecule has 0 aliphatic carbocycles. The van der Waals surface area contributed by atoms with Crippen LogP contribution in [0.2, 0.25) is 0 Å². The second-order valence-electron chi connectivity index (χ2n) is 11.7. The molecule has 1 aliphatic rings. The fourth-order valence-electron chi connectivity index (χ4n) is 5.89. The van der Waals surface area contributed by atoms with Gasteiger partial charge in [-0.05, 0) is 91.7 Å². The first kappa shape index (κ1) is 32.4. The molecule has 0 atom stereocenters. The van der Waals surface area contributed by atoms with Gasteiger partial charge in [0, 0.05) is 61.4 Å². The number of anilines is 2. The molecule has 9 nitrogen and oxygen atoms in total. The largest absolute Gasteiger partial charge is 0.497 e. The first-order valence-electron chi connectivity index (χ1n) is 15.4. The number of piperidine rings is 1. The van der Waals surface area contributed by atoms with E-state index in [2.05, 4.69) is 22.2 Å². The Labute approximate surface area is 275 Å². The quantitative estimate of drug-likeness (QED) is 0.187. The highest BCUT2D eigenvalue weighted by Gasteiger charge is 2.30. The minimum Gasteiger partial charge on any atom is -0.497 e. The molecule has 248 valence electrons. The number of carbonyl (C=O) groups is 2. The van der Waals surface area contributed by atoms with E-state index in [0.717, 1.165) is 59.4 Å². The standard InChI is InChI=1S/C36H34F3N5O4/c1-42(27-9-11-29(47-3)12-10-27)28-16-18-44(19-17-28)35(46)32-21-24-20-30(13-14-31(24)43(32)2)48-33-15-8-26(22-40-33)41-34(45)23-4-6-25(7-5-23)36(37,38)39/h4-15,20-22,28H,16-19H2,1-3H3,(H,41,45). The third-order valence-corrected chi connectivity index (χ3v) is 8.70. The van der Waals surface area contributed by atoms with E-state index in [1.54, 1.807) is 25.3 Å². The van der Waals surface area contributed by atoms with Gasteiger partial charge in [-0.15, -0.1) is 0 Å². The second kappa shape index (κ2) is 13.3. The summed E-state index contributed by atoms with van der Waals surface area (Å²) in [6.45, 7) is 1.32. The van der Waals surface area contributed by atoms with Crippen LogP contribution in [-0.2, 0) is 13.2 Å². The van der Waals surface area contributed by atoms with E-state index in [4.69, 9.17) is 9.47 Å². The number of pyridine rings is 1. The van der Waals surface area contributed by atoms with Gasteiger partial charge in [-0.2, -0.15) is 13.2 Å². The third kappa shape index (κ3) is 6.92. The molecule has 3 aromatic carbocycles. The molecular formula is C36H34F3N5O4. The molecule has 0 radical (unpaired) electrons. The van der Waals surface area contributed by atoms with Crippen LogP contribution in [0.15, 0.2) is 91.1 Å². The molecule has 1 saturated heterocycles. The van der Waals surface area contributed by atoms with Crippen molar-refractivity contribution in [3.05, 3.63) is 108 Å². The number of aryl methyl sites for hydroxylation is 1. The molecule has 0 spiro atoms. The average molecular weight is 658 g/mol. The number of hydrogen-bond donors (Lipinski definition) is 1. The molecule has 0 unspecified atom stereocenters. The molecule has 1 aliphatic heterocycles. The third-order valence-electron chi connectivity index (χ3n) is 8.70. The van der Waals surface area contributed by atoms with E-state index in [1.807, 2.05) is 59.0 Å². The Morgan fingerprint density at radius 1 is 0.917 bits per heavy atom. The Hall–Kier alpha value is -5.52. The van der Waals surface area contributed by atoms with Gasteiger partial charge in [0.15, 0.2) is 0 Å². The number of ether oxygens (including phenoxy) is 2. The number of aromatic nitrogens is 2. The van der Waals surface area contributed by atoms with Crippen molar-refractivity contribution < 1.29 is 32.2 Å². The van der Waals surface area contributed by atoms with E-state index < -0.39 is 17.6 Å². The molecule has 2 amide bonds. The molecule has 2 aromatic heterocycles. The number of nitrogens with one attached hydrogen (secondary N) is 1. The van der Waals surface area contributed by atoms with Gasteiger partial charge in [0.1, 0.15) is 17.2 Å². The van der Waals surface area contributed by atoms with Gasteiger partial charge < -0.3 is 29.2 Å². The normalized spacial score (nSPS) is 13.8. The summed E-state index contributed by atoms with van der Waals surface area (Å²) in [7, 11) is 5.61. The number of amides is 2. The van der Waals surface area contributed by atoms with Crippen molar-refractivity contribution in [3.63, 3.8) is 0 Å². The van der Waals surface area contributed by atoms with Gasteiger partial charge >= 0.3 is 6.18 Å². The monoisotopic (exact) mass is 657 g/mol. The van der Waals surface area contributed by atoms with Gasteiger partial charge in [-0.3, -0.25) is 9.59 Å². The number of fused-ring (bicyclic) bond motifs is 1. The van der Waals surface area contributed by atoms with E-state index in [0.29, 0.717) is 36.3 Å². The molecule has 12 heteroatoms. The van der Waals surface area contributed by atoms with Gasteiger partial charge in [0.05, 0.1) is 24.6 Å². The molecule has 5 aromatic rings. The predicted molar refractivity (Wildman–Crippen MR) is 177 cm³/mol. The first-order valence-corrected chi connectivity index (χ1v) is 15.4. The lowest BCUT2D eigenvalue weighted by Gasteiger charge is -2.38. The Morgan fingerprint density at radius 3 is 2.23 bits per heavy atom. The molecule has 0 bridgehead atoms. The summed E-state index contributed by atoms with van der Waals surface area (Å²) in [6, 6.07) is 22.8. The first-order chi connectivity index (χ1) is 23.0. The summed E-state index contributed by atoms with van der Waals surface area (Å²) < 4.78 is 51.5. The SMILES string of the molecule is COc1ccc(N(C)C2CCN(C(=O)c3cc4cc(Oc5ccc(NC(=O)c6ccc(C(F)(F)F)cc6)cn5)ccc4n3C)CC2)cc1. The minimum atomic E-state index is -4.48. The molecule has 0 saturated carbocycles. The number of likely N-dealkylation sites (tertiary alicyclic amines) is 1. The van der Waals surface area contributed by atoms with E-state index in [1.165, 1.54) is 6.20 Å². The summed E-state index contributed by atoms with van der Waals surface area (Å²) in [5.74, 6) is 1.03. The number of alkyl halides is 3. The number of rotatable bonds is 8. The van der Waals surface area contributed by atoms with Crippen LogP contribution in [0.3, 0.4) is 0 Å². The van der Waals surface area contributed by atoms with Crippen molar-refractivity contribution in [2.45, 2.75) is 25.1 Å². The topological polar surface area (TPSA) is 88.9 Å². The lowest BCUT2D eigenvalue weighted by atomic mass is 10.0. The van der Waals surface area contributed by atoms with Crippen LogP contribution >= 0.6 is 0 Å². The van der Waals surface area contributed by atoms with Crippen LogP contribution in [0.25, 0.3) is 10.9 Å². The van der Waals surface area contributed by atoms with Gasteiger partial charge in [0.2, 0.25) is 5.88 Å². The Bertz CT molecular complexity index is 1920. The van der Waals surface area contributed by atoms with Crippen LogP contribution in [0.4, 0.5) is 24.5 Å². The number of benzene rings is 3. The van der Waals surface area contributed by atoms with Crippen LogP contribution in [0.1, 0.15) is 39.3 Å². The van der Waals surface area contributed by atoms with Gasteiger partial charge in [0.25, 0.3) is 11.8 Å². The summed E-state index contributed by atoms with van der Waals surface area (Å²) in [6.07, 6.45) is -1.36. The van der Waals surface area contributed by atoms with Crippen molar-refractivity contribution in [3.8, 4) is 17.4 Å². The lowest BCUT2D eigenvalue weighted by molar-refractivity contribution is -0.137. The number of carbonyl (C=O) groups excluding carboxylic acids is 2. The van der Waals surface area contributed by atoms with E-state index >= 15 is 0 Å². The van der Waals surface area contributed by atoms with Crippen molar-refractivity contribution >= 4 is 34.1 Å². The fourth-order valence-corrected chi connectivity index (χ4v) is 5.89. The van der Waals surface area contributed by atoms with Crippen molar-refractivity contribution in [2.24, 2.45) is 7.05 Å². The van der Waals surface area contributed by atoms with Gasteiger partial charge in [-0.1, -0.05) is 0 Å². The summed E-state index contributed by atoms with van der Waals surface area (Å²) in [5.41, 5.74) is 2.19. The Morgan fingerprint density at radius 2 is 1.60 bits per heavy atom. The summed E-state index contributed by atoms with van der Waals surface area (Å²) in [4.78, 5) is 34.5. The van der Waals surface area contributed by atoms with Crippen LogP contribution in [-0.4, -0.2) is 59.6 Å². The smallest absolute Gasteiger partial charge is 0.416 e. The predicted octanol–water partition coefficient (Wildman–Crippen LogP) is 7.39. The van der Waals surface area contributed by atoms with E-state index in [-0.39, 0.29) is 17.4 Å². The van der Waals surface area contributed by atoms with Crippen molar-refractivity contribution in [1.29, 1.82) is 0 Å². The maximum absolute atomic E-state index is 13.6. The highest BCUT2D eigenvalue weighted by atomic mass is 19.4. The second-order valence-corrected chi connectivity index (χ2v) is 11.7. The van der Waals surface area contributed by atoms with E-state index in [9.17, 15) is 22.8 Å². The summed E-state index contributed by atoms with van der Waals surface area (Å²) >= 11 is 0. The molecule has 1 N–H and O–H groups in total. The number of methoxy groups -OCH3 is 1. The molecule has 3 heterocycles. The summed E-state index contributed by atoms with van der Waals surface area (Å²) in [5, 5.41) is 3.45. The van der Waals surface area contributed by atoms with Gasteiger partial charge in [-0.25, -0.2) is 4.98 Å². The Kier molecular flexibility index (Phi) is 8.99. The fraction of sp³-hybridized carbons (Fsp3) is 0.250. The minimum absolute atomic E-state index is 0.0164. The lowest BCUT2D eigenvalue weighted by Crippen LogP contribution is -2.46. The molecule has 1 fully saturated rings. The molecular weight excluding hydrogens is 623 g/mol. The Balaban J connectivity index is 1.06. The maximum atomic E-state index is 13.6. The number of nitrogens with zero attached hydrogens (tertiary/aromatic N) is 4. The maximum Gasteiger partial charge on any atom is 0.416 e.